The molecule has 6 heteroatoms. The van der Waals surface area contributed by atoms with Crippen molar-refractivity contribution in [1.29, 1.82) is 0 Å². The molecular formula is C11H12ClF2NOS. The van der Waals surface area contributed by atoms with E-state index in [4.69, 9.17) is 11.6 Å². The van der Waals surface area contributed by atoms with E-state index >= 15 is 0 Å². The van der Waals surface area contributed by atoms with Crippen molar-refractivity contribution in [2.24, 2.45) is 0 Å². The number of rotatable bonds is 5. The summed E-state index contributed by atoms with van der Waals surface area (Å²) in [4.78, 5) is 11.6. The van der Waals surface area contributed by atoms with Gasteiger partial charge in [-0.05, 0) is 18.6 Å². The van der Waals surface area contributed by atoms with Crippen LogP contribution in [0.2, 0.25) is 5.02 Å². The largest absolute Gasteiger partial charge is 0.325 e. The van der Waals surface area contributed by atoms with Crippen LogP contribution in [0.5, 0.6) is 0 Å². The number of alkyl halides is 2. The molecule has 1 N–H and O–H groups in total. The first-order chi connectivity index (χ1) is 8.04. The minimum atomic E-state index is -2.57. The standard InChI is InChI=1S/C11H12ClF2NOS/c1-2-4-9(16)15-8-6-3-5-7(12)10(8)17-11(13)14/h3,5-6,11H,2,4H2,1H3,(H,15,16). The van der Waals surface area contributed by atoms with Gasteiger partial charge in [-0.15, -0.1) is 0 Å². The number of halogens is 3. The first kappa shape index (κ1) is 14.3. The number of thioether (sulfide) groups is 1. The van der Waals surface area contributed by atoms with Gasteiger partial charge in [0.05, 0.1) is 15.6 Å². The van der Waals surface area contributed by atoms with Gasteiger partial charge in [0.15, 0.2) is 0 Å². The number of hydrogen-bond acceptors (Lipinski definition) is 2. The summed E-state index contributed by atoms with van der Waals surface area (Å²) in [5, 5.41) is 2.79. The number of hydrogen-bond donors (Lipinski definition) is 1. The number of anilines is 1. The number of carbonyl (C=O) groups is 1. The Hall–Kier alpha value is -0.810. The lowest BCUT2D eigenvalue weighted by Crippen LogP contribution is -2.11. The SMILES string of the molecule is CCCC(=O)Nc1cccc(Cl)c1SC(F)F. The summed E-state index contributed by atoms with van der Waals surface area (Å²) < 4.78 is 24.7. The molecule has 94 valence electrons. The van der Waals surface area contributed by atoms with Crippen molar-refractivity contribution in [1.82, 2.24) is 0 Å². The molecule has 0 saturated heterocycles. The van der Waals surface area contributed by atoms with Crippen LogP contribution < -0.4 is 5.32 Å². The van der Waals surface area contributed by atoms with Gasteiger partial charge in [0.25, 0.3) is 5.76 Å². The summed E-state index contributed by atoms with van der Waals surface area (Å²) in [6, 6.07) is 4.69. The first-order valence-electron chi connectivity index (χ1n) is 5.07. The molecule has 0 saturated carbocycles. The molecule has 0 radical (unpaired) electrons. The zero-order valence-electron chi connectivity index (χ0n) is 9.17. The van der Waals surface area contributed by atoms with Crippen LogP contribution in [-0.4, -0.2) is 11.7 Å². The summed E-state index contributed by atoms with van der Waals surface area (Å²) >= 11 is 6.16. The molecule has 0 unspecified atom stereocenters. The molecule has 1 aromatic carbocycles. The molecule has 0 aromatic heterocycles. The molecule has 0 aliphatic rings. The Morgan fingerprint density at radius 3 is 2.82 bits per heavy atom. The maximum atomic E-state index is 12.4. The Balaban J connectivity index is 2.90. The zero-order chi connectivity index (χ0) is 12.8. The highest BCUT2D eigenvalue weighted by Gasteiger charge is 2.14. The van der Waals surface area contributed by atoms with Crippen LogP contribution in [0, 0.1) is 0 Å². The quantitative estimate of drug-likeness (QED) is 0.810. The molecule has 0 atom stereocenters. The van der Waals surface area contributed by atoms with Gasteiger partial charge in [0.1, 0.15) is 0 Å². The van der Waals surface area contributed by atoms with Gasteiger partial charge in [-0.1, -0.05) is 36.4 Å². The van der Waals surface area contributed by atoms with Crippen molar-refractivity contribution in [2.45, 2.75) is 30.4 Å². The van der Waals surface area contributed by atoms with Crippen molar-refractivity contribution in [2.75, 3.05) is 5.32 Å². The van der Waals surface area contributed by atoms with Gasteiger partial charge in [-0.3, -0.25) is 4.79 Å². The molecule has 0 heterocycles. The molecular weight excluding hydrogens is 268 g/mol. The van der Waals surface area contributed by atoms with E-state index in [0.717, 1.165) is 0 Å². The predicted molar refractivity (Wildman–Crippen MR) is 66.9 cm³/mol. The third-order valence-corrected chi connectivity index (χ3v) is 3.21. The molecule has 0 bridgehead atoms. The molecule has 0 fully saturated rings. The highest BCUT2D eigenvalue weighted by Crippen LogP contribution is 2.37. The molecule has 1 rings (SSSR count). The topological polar surface area (TPSA) is 29.1 Å². The van der Waals surface area contributed by atoms with Crippen LogP contribution in [0.25, 0.3) is 0 Å². The molecule has 0 spiro atoms. The molecule has 0 aliphatic carbocycles. The van der Waals surface area contributed by atoms with E-state index in [2.05, 4.69) is 5.32 Å². The van der Waals surface area contributed by atoms with Gasteiger partial charge in [-0.2, -0.15) is 8.78 Å². The fourth-order valence-corrected chi connectivity index (χ4v) is 2.17. The molecule has 17 heavy (non-hydrogen) atoms. The van der Waals surface area contributed by atoms with Crippen LogP contribution in [0.3, 0.4) is 0 Å². The van der Waals surface area contributed by atoms with Crippen LogP contribution in [0.1, 0.15) is 19.8 Å². The smallest absolute Gasteiger partial charge is 0.289 e. The third kappa shape index (κ3) is 4.52. The maximum Gasteiger partial charge on any atom is 0.289 e. The lowest BCUT2D eigenvalue weighted by molar-refractivity contribution is -0.116. The number of carbonyl (C=O) groups excluding carboxylic acids is 1. The maximum absolute atomic E-state index is 12.4. The van der Waals surface area contributed by atoms with Crippen LogP contribution in [0.4, 0.5) is 14.5 Å². The van der Waals surface area contributed by atoms with Crippen LogP contribution >= 0.6 is 23.4 Å². The Kier molecular flexibility index (Phi) is 5.71. The number of benzene rings is 1. The van der Waals surface area contributed by atoms with E-state index in [0.29, 0.717) is 30.3 Å². The lowest BCUT2D eigenvalue weighted by atomic mass is 10.3. The number of nitrogens with one attached hydrogen (secondary N) is 1. The second-order valence-corrected chi connectivity index (χ2v) is 4.70. The minimum Gasteiger partial charge on any atom is -0.325 e. The number of amides is 1. The highest BCUT2D eigenvalue weighted by atomic mass is 35.5. The molecule has 1 aromatic rings. The third-order valence-electron chi connectivity index (χ3n) is 1.93. The second kappa shape index (κ2) is 6.81. The van der Waals surface area contributed by atoms with Crippen molar-refractivity contribution in [3.63, 3.8) is 0 Å². The fraction of sp³-hybridized carbons (Fsp3) is 0.364. The van der Waals surface area contributed by atoms with E-state index in [1.165, 1.54) is 6.07 Å². The average molecular weight is 280 g/mol. The van der Waals surface area contributed by atoms with E-state index < -0.39 is 5.76 Å². The van der Waals surface area contributed by atoms with Crippen LogP contribution in [0.15, 0.2) is 23.1 Å². The Labute approximate surface area is 108 Å². The van der Waals surface area contributed by atoms with Gasteiger partial charge in [0, 0.05) is 6.42 Å². The molecule has 1 amide bonds. The summed E-state index contributed by atoms with van der Waals surface area (Å²) in [5.41, 5.74) is 0.334. The van der Waals surface area contributed by atoms with Crippen molar-refractivity contribution >= 4 is 35.0 Å². The van der Waals surface area contributed by atoms with Gasteiger partial charge in [-0.25, -0.2) is 0 Å². The van der Waals surface area contributed by atoms with E-state index in [1.54, 1.807) is 12.1 Å². The Morgan fingerprint density at radius 2 is 2.24 bits per heavy atom. The van der Waals surface area contributed by atoms with E-state index in [-0.39, 0.29) is 15.8 Å². The summed E-state index contributed by atoms with van der Waals surface area (Å²) in [5.74, 6) is -2.78. The first-order valence-corrected chi connectivity index (χ1v) is 6.33. The van der Waals surface area contributed by atoms with Crippen molar-refractivity contribution in [3.05, 3.63) is 23.2 Å². The summed E-state index contributed by atoms with van der Waals surface area (Å²) in [6.07, 6.45) is 1.05. The van der Waals surface area contributed by atoms with Gasteiger partial charge < -0.3 is 5.32 Å². The lowest BCUT2D eigenvalue weighted by Gasteiger charge is -2.11. The zero-order valence-corrected chi connectivity index (χ0v) is 10.7. The van der Waals surface area contributed by atoms with E-state index in [9.17, 15) is 13.6 Å². The van der Waals surface area contributed by atoms with Crippen LogP contribution in [-0.2, 0) is 4.79 Å². The highest BCUT2D eigenvalue weighted by molar-refractivity contribution is 7.99. The monoisotopic (exact) mass is 279 g/mol. The van der Waals surface area contributed by atoms with Gasteiger partial charge in [0.2, 0.25) is 5.91 Å². The second-order valence-electron chi connectivity index (χ2n) is 3.29. The summed E-state index contributed by atoms with van der Waals surface area (Å²) in [7, 11) is 0. The minimum absolute atomic E-state index is 0.202. The van der Waals surface area contributed by atoms with Crippen molar-refractivity contribution in [3.8, 4) is 0 Å². The van der Waals surface area contributed by atoms with Crippen molar-refractivity contribution < 1.29 is 13.6 Å². The average Bonchev–Trinajstić information content (AvgIpc) is 2.23. The van der Waals surface area contributed by atoms with E-state index in [1.807, 2.05) is 6.92 Å². The Morgan fingerprint density at radius 1 is 1.53 bits per heavy atom. The van der Waals surface area contributed by atoms with Gasteiger partial charge >= 0.3 is 0 Å². The molecule has 0 aliphatic heterocycles. The normalized spacial score (nSPS) is 10.6. The predicted octanol–water partition coefficient (Wildman–Crippen LogP) is 4.39. The fourth-order valence-electron chi connectivity index (χ4n) is 1.26. The summed E-state index contributed by atoms with van der Waals surface area (Å²) in [6.45, 7) is 1.87. The Bertz CT molecular complexity index is 401. The molecule has 2 nitrogen and oxygen atoms in total.